The second kappa shape index (κ2) is 4.48. The van der Waals surface area contributed by atoms with E-state index in [9.17, 15) is 0 Å². The topological polar surface area (TPSA) is 21.3 Å². The number of ether oxygens (including phenoxy) is 1. The molecule has 104 valence electrons. The van der Waals surface area contributed by atoms with Crippen molar-refractivity contribution < 1.29 is 9.13 Å². The van der Waals surface area contributed by atoms with Crippen molar-refractivity contribution in [1.82, 2.24) is 5.32 Å². The van der Waals surface area contributed by atoms with Gasteiger partial charge in [0.05, 0.1) is 7.11 Å². The molecule has 2 aliphatic rings. The molecule has 0 spiro atoms. The summed E-state index contributed by atoms with van der Waals surface area (Å²) >= 11 is 0. The Bertz CT molecular complexity index is 488. The monoisotopic (exact) mass is 263 g/mol. The van der Waals surface area contributed by atoms with Gasteiger partial charge in [0.15, 0.2) is 0 Å². The maximum absolute atomic E-state index is 15.4. The average Bonchev–Trinajstić information content (AvgIpc) is 2.71. The highest BCUT2D eigenvalue weighted by atomic mass is 19.1. The Morgan fingerprint density at radius 2 is 1.79 bits per heavy atom. The number of hydrogen-bond donors (Lipinski definition) is 1. The quantitative estimate of drug-likeness (QED) is 0.883. The minimum Gasteiger partial charge on any atom is -0.496 e. The van der Waals surface area contributed by atoms with Crippen LogP contribution in [0.4, 0.5) is 4.39 Å². The van der Waals surface area contributed by atoms with Gasteiger partial charge in [0.25, 0.3) is 0 Å². The SMILES string of the molecule is COc1cc(C)c(C2(F)CC3CCC(C2)N3)cc1C. The summed E-state index contributed by atoms with van der Waals surface area (Å²) in [4.78, 5) is 0. The van der Waals surface area contributed by atoms with Gasteiger partial charge in [-0.25, -0.2) is 4.39 Å². The molecule has 2 nitrogen and oxygen atoms in total. The average molecular weight is 263 g/mol. The standard InChI is InChI=1S/C16H22FNO/c1-10-7-15(19-3)11(2)6-14(10)16(17)8-12-4-5-13(9-16)18-12/h6-7,12-13,18H,4-5,8-9H2,1-3H3. The molecule has 2 unspecified atom stereocenters. The zero-order valence-corrected chi connectivity index (χ0v) is 11.9. The molecule has 2 atom stereocenters. The minimum absolute atomic E-state index is 0.352. The van der Waals surface area contributed by atoms with Crippen molar-refractivity contribution in [3.8, 4) is 5.75 Å². The van der Waals surface area contributed by atoms with Crippen LogP contribution in [0.2, 0.25) is 0 Å². The summed E-state index contributed by atoms with van der Waals surface area (Å²) in [5.74, 6) is 0.849. The molecule has 3 rings (SSSR count). The lowest BCUT2D eigenvalue weighted by Crippen LogP contribution is -2.44. The van der Waals surface area contributed by atoms with Crippen LogP contribution in [0.25, 0.3) is 0 Å². The zero-order valence-electron chi connectivity index (χ0n) is 11.9. The van der Waals surface area contributed by atoms with Gasteiger partial charge in [0, 0.05) is 24.9 Å². The normalized spacial score (nSPS) is 33.5. The summed E-state index contributed by atoms with van der Waals surface area (Å²) in [7, 11) is 1.66. The number of halogens is 1. The fourth-order valence-corrected chi connectivity index (χ4v) is 3.80. The van der Waals surface area contributed by atoms with Crippen LogP contribution in [0.15, 0.2) is 12.1 Å². The highest BCUT2D eigenvalue weighted by molar-refractivity contribution is 5.44. The van der Waals surface area contributed by atoms with Gasteiger partial charge < -0.3 is 10.1 Å². The van der Waals surface area contributed by atoms with Gasteiger partial charge >= 0.3 is 0 Å². The highest BCUT2D eigenvalue weighted by Gasteiger charge is 2.45. The van der Waals surface area contributed by atoms with Gasteiger partial charge in [-0.2, -0.15) is 0 Å². The highest BCUT2D eigenvalue weighted by Crippen LogP contribution is 2.45. The summed E-state index contributed by atoms with van der Waals surface area (Å²) in [5.41, 5.74) is 1.72. The van der Waals surface area contributed by atoms with Gasteiger partial charge in [-0.15, -0.1) is 0 Å². The molecule has 0 aromatic heterocycles. The van der Waals surface area contributed by atoms with Crippen LogP contribution in [-0.4, -0.2) is 19.2 Å². The van der Waals surface area contributed by atoms with E-state index in [1.165, 1.54) is 0 Å². The second-order valence-electron chi connectivity index (χ2n) is 6.15. The van der Waals surface area contributed by atoms with Crippen molar-refractivity contribution in [2.45, 2.75) is 57.3 Å². The lowest BCUT2D eigenvalue weighted by molar-refractivity contribution is 0.0866. The smallest absolute Gasteiger partial charge is 0.139 e. The van der Waals surface area contributed by atoms with E-state index in [0.717, 1.165) is 35.3 Å². The molecule has 3 heteroatoms. The van der Waals surface area contributed by atoms with E-state index in [2.05, 4.69) is 5.32 Å². The molecule has 19 heavy (non-hydrogen) atoms. The van der Waals surface area contributed by atoms with E-state index in [1.54, 1.807) is 7.11 Å². The van der Waals surface area contributed by atoms with Crippen molar-refractivity contribution in [3.05, 3.63) is 28.8 Å². The number of fused-ring (bicyclic) bond motifs is 2. The lowest BCUT2D eigenvalue weighted by Gasteiger charge is -2.36. The van der Waals surface area contributed by atoms with Gasteiger partial charge in [0.1, 0.15) is 11.4 Å². The number of hydrogen-bond acceptors (Lipinski definition) is 2. The first kappa shape index (κ1) is 12.9. The summed E-state index contributed by atoms with van der Waals surface area (Å²) < 4.78 is 20.8. The third-order valence-corrected chi connectivity index (χ3v) is 4.70. The fraction of sp³-hybridized carbons (Fsp3) is 0.625. The van der Waals surface area contributed by atoms with Crippen LogP contribution < -0.4 is 10.1 Å². The number of aryl methyl sites for hydroxylation is 2. The molecule has 0 amide bonds. The summed E-state index contributed by atoms with van der Waals surface area (Å²) in [6, 6.07) is 4.66. The summed E-state index contributed by atoms with van der Waals surface area (Å²) in [6.07, 6.45) is 3.45. The molecule has 2 saturated heterocycles. The van der Waals surface area contributed by atoms with Crippen LogP contribution in [-0.2, 0) is 5.67 Å². The van der Waals surface area contributed by atoms with E-state index >= 15 is 4.39 Å². The van der Waals surface area contributed by atoms with Crippen LogP contribution in [0.1, 0.15) is 42.4 Å². The number of piperidine rings is 1. The van der Waals surface area contributed by atoms with E-state index in [0.29, 0.717) is 24.9 Å². The van der Waals surface area contributed by atoms with Gasteiger partial charge in [-0.1, -0.05) is 0 Å². The number of methoxy groups -OCH3 is 1. The molecular formula is C16H22FNO. The zero-order chi connectivity index (χ0) is 13.6. The Hall–Kier alpha value is -1.09. The van der Waals surface area contributed by atoms with Crippen LogP contribution in [0.5, 0.6) is 5.75 Å². The molecule has 0 radical (unpaired) electrons. The van der Waals surface area contributed by atoms with Gasteiger partial charge in [-0.05, 0) is 55.5 Å². The van der Waals surface area contributed by atoms with E-state index in [-0.39, 0.29) is 0 Å². The predicted octanol–water partition coefficient (Wildman–Crippen LogP) is 3.39. The molecule has 0 saturated carbocycles. The molecule has 2 bridgehead atoms. The number of alkyl halides is 1. The van der Waals surface area contributed by atoms with E-state index in [4.69, 9.17) is 4.74 Å². The van der Waals surface area contributed by atoms with Crippen molar-refractivity contribution in [2.75, 3.05) is 7.11 Å². The third-order valence-electron chi connectivity index (χ3n) is 4.70. The van der Waals surface area contributed by atoms with Gasteiger partial charge in [0.2, 0.25) is 0 Å². The molecule has 2 aliphatic heterocycles. The summed E-state index contributed by atoms with van der Waals surface area (Å²) in [5, 5.41) is 3.51. The first-order chi connectivity index (χ1) is 9.01. The van der Waals surface area contributed by atoms with Crippen LogP contribution >= 0.6 is 0 Å². The lowest BCUT2D eigenvalue weighted by atomic mass is 9.80. The molecule has 1 N–H and O–H groups in total. The first-order valence-corrected chi connectivity index (χ1v) is 7.12. The number of nitrogens with one attached hydrogen (secondary N) is 1. The third kappa shape index (κ3) is 2.14. The van der Waals surface area contributed by atoms with Crippen molar-refractivity contribution >= 4 is 0 Å². The van der Waals surface area contributed by atoms with E-state index in [1.807, 2.05) is 26.0 Å². The van der Waals surface area contributed by atoms with E-state index < -0.39 is 5.67 Å². The largest absolute Gasteiger partial charge is 0.496 e. The van der Waals surface area contributed by atoms with Gasteiger partial charge in [-0.3, -0.25) is 0 Å². The maximum Gasteiger partial charge on any atom is 0.139 e. The van der Waals surface area contributed by atoms with Crippen molar-refractivity contribution in [1.29, 1.82) is 0 Å². The first-order valence-electron chi connectivity index (χ1n) is 7.12. The Balaban J connectivity index is 1.99. The molecule has 2 heterocycles. The number of rotatable bonds is 2. The summed E-state index contributed by atoms with van der Waals surface area (Å²) in [6.45, 7) is 3.98. The van der Waals surface area contributed by atoms with Crippen LogP contribution in [0.3, 0.4) is 0 Å². The molecule has 2 fully saturated rings. The van der Waals surface area contributed by atoms with Crippen molar-refractivity contribution in [2.24, 2.45) is 0 Å². The number of benzene rings is 1. The Morgan fingerprint density at radius 3 is 2.37 bits per heavy atom. The van der Waals surface area contributed by atoms with Crippen LogP contribution in [0, 0.1) is 13.8 Å². The molecule has 1 aromatic carbocycles. The Labute approximate surface area is 114 Å². The Morgan fingerprint density at radius 1 is 1.16 bits per heavy atom. The fourth-order valence-electron chi connectivity index (χ4n) is 3.80. The molecular weight excluding hydrogens is 241 g/mol. The molecule has 1 aromatic rings. The Kier molecular flexibility index (Phi) is 3.05. The van der Waals surface area contributed by atoms with Crippen molar-refractivity contribution in [3.63, 3.8) is 0 Å². The maximum atomic E-state index is 15.4. The predicted molar refractivity (Wildman–Crippen MR) is 74.4 cm³/mol. The molecule has 0 aliphatic carbocycles. The second-order valence-corrected chi connectivity index (χ2v) is 6.15. The minimum atomic E-state index is -1.17.